The molecule has 3 aliphatic carbocycles. The fraction of sp³-hybridized carbons (Fsp3) is 0.465. The molecular weight excluding hydrogens is 656 g/mol. The standard InChI is InChI=1S/C43H48N2O7/c1-19-8-12-23(13-9-19)44-22(4)30-21(3)16-25-31-36-32(41(48)40(25)45-24-14-10-20(2)11-15-24)26(46)17-28(50-5)34(36)35-29(51-6)18-27(47)33-38(35)37(31)39(30)43(52-7)42(33)49/h16-20,23-24,30,45,48-49H,8-15H2,1-7H3/b44-22+. The second-order valence-corrected chi connectivity index (χ2v) is 15.7. The van der Waals surface area contributed by atoms with Crippen LogP contribution in [0.15, 0.2) is 32.3 Å². The normalized spacial score (nSPS) is 23.8. The number of nitrogens with zero attached hydrogens (tertiary/aromatic N) is 1. The van der Waals surface area contributed by atoms with Crippen molar-refractivity contribution in [3.05, 3.63) is 49.3 Å². The van der Waals surface area contributed by atoms with Crippen LogP contribution in [0.1, 0.15) is 96.1 Å². The maximum atomic E-state index is 14.2. The quantitative estimate of drug-likeness (QED) is 0.0664. The van der Waals surface area contributed by atoms with Gasteiger partial charge in [0.25, 0.3) is 0 Å². The Kier molecular flexibility index (Phi) is 8.38. The Morgan fingerprint density at radius 2 is 1.25 bits per heavy atom. The van der Waals surface area contributed by atoms with Gasteiger partial charge in [-0.15, -0.1) is 0 Å². The van der Waals surface area contributed by atoms with Gasteiger partial charge >= 0.3 is 0 Å². The zero-order valence-electron chi connectivity index (χ0n) is 31.2. The molecule has 0 bridgehead atoms. The summed E-state index contributed by atoms with van der Waals surface area (Å²) in [6, 6.07) is 3.02. The predicted octanol–water partition coefficient (Wildman–Crippen LogP) is 8.86. The average Bonchev–Trinajstić information content (AvgIpc) is 3.25. The number of anilines is 1. The van der Waals surface area contributed by atoms with Gasteiger partial charge in [0.05, 0.1) is 37.8 Å². The number of ether oxygens (including phenoxy) is 3. The van der Waals surface area contributed by atoms with E-state index in [-0.39, 0.29) is 57.0 Å². The highest BCUT2D eigenvalue weighted by atomic mass is 16.5. The summed E-state index contributed by atoms with van der Waals surface area (Å²) in [7, 11) is 4.51. The molecule has 0 saturated heterocycles. The van der Waals surface area contributed by atoms with Crippen molar-refractivity contribution in [3.63, 3.8) is 0 Å². The second-order valence-electron chi connectivity index (χ2n) is 15.7. The lowest BCUT2D eigenvalue weighted by molar-refractivity contribution is 0.349. The molecule has 0 heterocycles. The number of phenolic OH excluding ortho intramolecular Hbond substituents is 2. The third-order valence-corrected chi connectivity index (χ3v) is 12.4. The number of aromatic hydroxyl groups is 2. The lowest BCUT2D eigenvalue weighted by atomic mass is 9.80. The molecule has 0 spiro atoms. The van der Waals surface area contributed by atoms with Crippen LogP contribution in [-0.4, -0.2) is 49.3 Å². The number of methoxy groups -OCH3 is 3. The van der Waals surface area contributed by atoms with Gasteiger partial charge in [-0.3, -0.25) is 14.6 Å². The molecule has 0 amide bonds. The summed E-state index contributed by atoms with van der Waals surface area (Å²) in [5, 5.41) is 31.8. The first-order valence-corrected chi connectivity index (χ1v) is 18.7. The van der Waals surface area contributed by atoms with E-state index < -0.39 is 11.3 Å². The summed E-state index contributed by atoms with van der Waals surface area (Å²) in [5.74, 6) is 1.25. The lowest BCUT2D eigenvalue weighted by Gasteiger charge is -2.30. The van der Waals surface area contributed by atoms with Crippen molar-refractivity contribution in [1.29, 1.82) is 0 Å². The van der Waals surface area contributed by atoms with Crippen LogP contribution in [-0.2, 0) is 0 Å². The van der Waals surface area contributed by atoms with E-state index in [2.05, 4.69) is 32.2 Å². The molecule has 5 aromatic carbocycles. The van der Waals surface area contributed by atoms with Gasteiger partial charge in [-0.05, 0) is 82.4 Å². The predicted molar refractivity (Wildman–Crippen MR) is 210 cm³/mol. The lowest BCUT2D eigenvalue weighted by Crippen LogP contribution is -2.25. The van der Waals surface area contributed by atoms with Crippen LogP contribution in [0.3, 0.4) is 0 Å². The summed E-state index contributed by atoms with van der Waals surface area (Å²) >= 11 is 0. The second kappa shape index (κ2) is 12.7. The number of hydrogen-bond donors (Lipinski definition) is 3. The van der Waals surface area contributed by atoms with Crippen LogP contribution in [0, 0.1) is 11.8 Å². The van der Waals surface area contributed by atoms with E-state index >= 15 is 0 Å². The fourth-order valence-corrected chi connectivity index (χ4v) is 9.77. The number of aliphatic imine (C=N–C) groups is 1. The molecule has 0 aliphatic heterocycles. The minimum absolute atomic E-state index is 0.0960. The van der Waals surface area contributed by atoms with Gasteiger partial charge in [-0.2, -0.15) is 0 Å². The topological polar surface area (TPSA) is 127 Å². The van der Waals surface area contributed by atoms with Crippen LogP contribution < -0.4 is 30.4 Å². The number of fused-ring (bicyclic) bond motifs is 1. The highest BCUT2D eigenvalue weighted by Crippen LogP contribution is 2.58. The zero-order valence-corrected chi connectivity index (χ0v) is 31.2. The molecule has 9 heteroatoms. The molecule has 1 atom stereocenters. The van der Waals surface area contributed by atoms with Gasteiger partial charge in [0.1, 0.15) is 11.5 Å². The Hall–Kier alpha value is -4.79. The minimum Gasteiger partial charge on any atom is -0.505 e. The van der Waals surface area contributed by atoms with E-state index in [9.17, 15) is 19.8 Å². The van der Waals surface area contributed by atoms with Crippen LogP contribution in [0.5, 0.6) is 28.7 Å². The SMILES string of the molecule is COc1c(O)c2c(=O)cc(OC)c3c4c(OC)cc(=O)c5c(O)c(NC6CCC(C)CC6)c6c(c(c1C(/C(C)=N/C1CCC(C)CC1)C(C)=C6)c23)c54. The van der Waals surface area contributed by atoms with E-state index in [1.807, 2.05) is 6.92 Å². The zero-order chi connectivity index (χ0) is 36.7. The van der Waals surface area contributed by atoms with Gasteiger partial charge in [0.2, 0.25) is 0 Å². The summed E-state index contributed by atoms with van der Waals surface area (Å²) < 4.78 is 17.9. The van der Waals surface area contributed by atoms with Crippen LogP contribution in [0.25, 0.3) is 49.2 Å². The first-order chi connectivity index (χ1) is 25.0. The van der Waals surface area contributed by atoms with Crippen molar-refractivity contribution in [2.75, 3.05) is 26.6 Å². The van der Waals surface area contributed by atoms with Crippen LogP contribution >= 0.6 is 0 Å². The van der Waals surface area contributed by atoms with Gasteiger partial charge in [0.15, 0.2) is 28.1 Å². The Labute approximate surface area is 303 Å². The van der Waals surface area contributed by atoms with Gasteiger partial charge in [0, 0.05) is 73.9 Å². The van der Waals surface area contributed by atoms with Crippen LogP contribution in [0.4, 0.5) is 5.69 Å². The number of benzene rings is 5. The number of nitrogens with one attached hydrogen (secondary N) is 1. The third kappa shape index (κ3) is 4.98. The first-order valence-electron chi connectivity index (χ1n) is 18.7. The largest absolute Gasteiger partial charge is 0.505 e. The van der Waals surface area contributed by atoms with E-state index in [0.717, 1.165) is 62.7 Å². The Morgan fingerprint density at radius 1 is 0.712 bits per heavy atom. The Balaban J connectivity index is 1.61. The molecule has 5 aromatic rings. The summed E-state index contributed by atoms with van der Waals surface area (Å²) in [6.45, 7) is 8.65. The summed E-state index contributed by atoms with van der Waals surface area (Å²) in [5.41, 5.74) is 2.88. The molecule has 9 nitrogen and oxygen atoms in total. The molecule has 0 radical (unpaired) electrons. The number of hydrogen-bond acceptors (Lipinski definition) is 9. The molecule has 2 fully saturated rings. The maximum absolute atomic E-state index is 14.2. The molecule has 0 aromatic heterocycles. The van der Waals surface area contributed by atoms with Crippen molar-refractivity contribution in [2.45, 2.75) is 97.1 Å². The summed E-state index contributed by atoms with van der Waals surface area (Å²) in [4.78, 5) is 33.6. The van der Waals surface area contributed by atoms with E-state index in [4.69, 9.17) is 19.2 Å². The van der Waals surface area contributed by atoms with Crippen molar-refractivity contribution >= 4 is 60.6 Å². The minimum atomic E-state index is -0.444. The van der Waals surface area contributed by atoms with Gasteiger partial charge in [-0.1, -0.05) is 25.5 Å². The van der Waals surface area contributed by atoms with Crippen molar-refractivity contribution < 1.29 is 24.4 Å². The highest BCUT2D eigenvalue weighted by molar-refractivity contribution is 6.40. The molecule has 3 aliphatic rings. The van der Waals surface area contributed by atoms with Crippen molar-refractivity contribution in [1.82, 2.24) is 0 Å². The van der Waals surface area contributed by atoms with Crippen LogP contribution in [0.2, 0.25) is 0 Å². The molecule has 8 rings (SSSR count). The number of rotatable bonds is 7. The molecule has 2 saturated carbocycles. The molecule has 52 heavy (non-hydrogen) atoms. The third-order valence-electron chi connectivity index (χ3n) is 12.4. The number of allylic oxidation sites excluding steroid dienone is 1. The van der Waals surface area contributed by atoms with Crippen molar-refractivity contribution in [2.24, 2.45) is 16.8 Å². The van der Waals surface area contributed by atoms with E-state index in [0.29, 0.717) is 61.0 Å². The number of phenols is 2. The summed E-state index contributed by atoms with van der Waals surface area (Å²) in [6.07, 6.45) is 10.3. The maximum Gasteiger partial charge on any atom is 0.194 e. The molecule has 1 unspecified atom stereocenters. The molecule has 272 valence electrons. The monoisotopic (exact) mass is 704 g/mol. The average molecular weight is 705 g/mol. The van der Waals surface area contributed by atoms with Gasteiger partial charge < -0.3 is 29.7 Å². The van der Waals surface area contributed by atoms with E-state index in [1.54, 1.807) is 0 Å². The first kappa shape index (κ1) is 34.3. The highest BCUT2D eigenvalue weighted by Gasteiger charge is 2.37. The fourth-order valence-electron chi connectivity index (χ4n) is 9.77. The Bertz CT molecular complexity index is 2440. The van der Waals surface area contributed by atoms with Gasteiger partial charge in [-0.25, -0.2) is 0 Å². The smallest absolute Gasteiger partial charge is 0.194 e. The molecule has 3 N–H and O–H groups in total. The Morgan fingerprint density at radius 3 is 1.81 bits per heavy atom. The van der Waals surface area contributed by atoms with Crippen molar-refractivity contribution in [3.8, 4) is 28.7 Å². The molecular formula is C43H48N2O7. The van der Waals surface area contributed by atoms with E-state index in [1.165, 1.54) is 33.5 Å².